The topological polar surface area (TPSA) is 17.8 Å². The van der Waals surface area contributed by atoms with E-state index < -0.39 is 0 Å². The average Bonchev–Trinajstić information content (AvgIpc) is 3.00. The van der Waals surface area contributed by atoms with Crippen LogP contribution in [0.1, 0.15) is 0 Å². The molecule has 0 aliphatic heterocycles. The summed E-state index contributed by atoms with van der Waals surface area (Å²) in [6.45, 7) is 0. The molecule has 5 rings (SSSR count). The van der Waals surface area contributed by atoms with E-state index in [-0.39, 0.29) is 5.82 Å². The zero-order valence-electron chi connectivity index (χ0n) is 14.0. The third kappa shape index (κ3) is 2.01. The third-order valence-electron chi connectivity index (χ3n) is 4.94. The predicted octanol–water partition coefficient (Wildman–Crippen LogP) is 6.34. The van der Waals surface area contributed by atoms with Gasteiger partial charge in [0.25, 0.3) is 0 Å². The number of fused-ring (bicyclic) bond motifs is 6. The van der Waals surface area contributed by atoms with Gasteiger partial charge >= 0.3 is 0 Å². The number of halogens is 2. The first-order valence-electron chi connectivity index (χ1n) is 8.37. The SMILES string of the molecule is Cn1c(-c2c(F)cccc2Cl)nc2c3ccccc3c3ccccc3c21. The Morgan fingerprint density at radius 1 is 0.808 bits per heavy atom. The summed E-state index contributed by atoms with van der Waals surface area (Å²) in [6.07, 6.45) is 0. The number of benzene rings is 4. The molecule has 0 amide bonds. The lowest BCUT2D eigenvalue weighted by molar-refractivity contribution is 0.629. The zero-order valence-corrected chi connectivity index (χ0v) is 14.8. The van der Waals surface area contributed by atoms with Crippen LogP contribution < -0.4 is 0 Å². The summed E-state index contributed by atoms with van der Waals surface area (Å²) in [7, 11) is 1.91. The van der Waals surface area contributed by atoms with Crippen LogP contribution in [-0.4, -0.2) is 9.55 Å². The van der Waals surface area contributed by atoms with Crippen molar-refractivity contribution in [2.24, 2.45) is 7.05 Å². The van der Waals surface area contributed by atoms with Crippen LogP contribution in [0.5, 0.6) is 0 Å². The molecule has 26 heavy (non-hydrogen) atoms. The number of aryl methyl sites for hydroxylation is 1. The lowest BCUT2D eigenvalue weighted by atomic mass is 10.00. The van der Waals surface area contributed by atoms with Crippen LogP contribution in [0.25, 0.3) is 44.0 Å². The summed E-state index contributed by atoms with van der Waals surface area (Å²) < 4.78 is 16.5. The van der Waals surface area contributed by atoms with E-state index in [1.165, 1.54) is 6.07 Å². The fraction of sp³-hybridized carbons (Fsp3) is 0.0455. The Kier molecular flexibility index (Phi) is 3.28. The van der Waals surface area contributed by atoms with E-state index in [1.807, 2.05) is 35.9 Å². The van der Waals surface area contributed by atoms with Crippen molar-refractivity contribution >= 4 is 44.2 Å². The van der Waals surface area contributed by atoms with Crippen molar-refractivity contribution in [2.75, 3.05) is 0 Å². The van der Waals surface area contributed by atoms with Gasteiger partial charge in [-0.25, -0.2) is 9.37 Å². The minimum absolute atomic E-state index is 0.334. The lowest BCUT2D eigenvalue weighted by Gasteiger charge is -2.08. The second-order valence-electron chi connectivity index (χ2n) is 6.38. The third-order valence-corrected chi connectivity index (χ3v) is 5.25. The van der Waals surface area contributed by atoms with E-state index in [0.29, 0.717) is 16.4 Å². The fourth-order valence-electron chi connectivity index (χ4n) is 3.78. The highest BCUT2D eigenvalue weighted by atomic mass is 35.5. The molecule has 0 radical (unpaired) electrons. The molecule has 0 unspecified atom stereocenters. The Morgan fingerprint density at radius 3 is 2.12 bits per heavy atom. The normalized spacial score (nSPS) is 11.7. The molecule has 0 aliphatic carbocycles. The van der Waals surface area contributed by atoms with Crippen LogP contribution in [-0.2, 0) is 7.05 Å². The van der Waals surface area contributed by atoms with E-state index in [1.54, 1.807) is 12.1 Å². The average molecular weight is 361 g/mol. The number of rotatable bonds is 1. The number of aromatic nitrogens is 2. The largest absolute Gasteiger partial charge is 0.326 e. The molecule has 0 saturated carbocycles. The molecule has 4 aromatic carbocycles. The molecule has 0 N–H and O–H groups in total. The van der Waals surface area contributed by atoms with Crippen LogP contribution in [0, 0.1) is 5.82 Å². The van der Waals surface area contributed by atoms with Crippen LogP contribution in [0.4, 0.5) is 4.39 Å². The Bertz CT molecular complexity index is 1300. The van der Waals surface area contributed by atoms with Gasteiger partial charge < -0.3 is 4.57 Å². The van der Waals surface area contributed by atoms with E-state index in [9.17, 15) is 4.39 Å². The first-order chi connectivity index (χ1) is 12.7. The second-order valence-corrected chi connectivity index (χ2v) is 6.79. The van der Waals surface area contributed by atoms with E-state index >= 15 is 0 Å². The van der Waals surface area contributed by atoms with Gasteiger partial charge in [-0.15, -0.1) is 0 Å². The van der Waals surface area contributed by atoms with Crippen molar-refractivity contribution in [3.8, 4) is 11.4 Å². The summed E-state index contributed by atoms with van der Waals surface area (Å²) in [4.78, 5) is 4.82. The molecule has 0 spiro atoms. The molecule has 0 fully saturated rings. The van der Waals surface area contributed by atoms with Gasteiger partial charge in [0.2, 0.25) is 0 Å². The zero-order chi connectivity index (χ0) is 17.8. The van der Waals surface area contributed by atoms with E-state index in [2.05, 4.69) is 24.3 Å². The number of imidazole rings is 1. The van der Waals surface area contributed by atoms with Crippen molar-refractivity contribution in [2.45, 2.75) is 0 Å². The highest BCUT2D eigenvalue weighted by molar-refractivity contribution is 6.33. The summed E-state index contributed by atoms with van der Waals surface area (Å²) in [5.41, 5.74) is 2.17. The standard InChI is InChI=1S/C22H14ClFN2/c1-26-21-16-10-5-3-8-14(16)13-7-2-4-9-15(13)20(21)25-22(26)19-17(23)11-6-12-18(19)24/h2-12H,1H3. The minimum Gasteiger partial charge on any atom is -0.326 e. The number of hydrogen-bond acceptors (Lipinski definition) is 1. The number of nitrogens with zero attached hydrogens (tertiary/aromatic N) is 2. The monoisotopic (exact) mass is 360 g/mol. The predicted molar refractivity (Wildman–Crippen MR) is 106 cm³/mol. The minimum atomic E-state index is -0.371. The van der Waals surface area contributed by atoms with Crippen molar-refractivity contribution in [3.05, 3.63) is 77.6 Å². The second kappa shape index (κ2) is 5.55. The summed E-state index contributed by atoms with van der Waals surface area (Å²) in [6, 6.07) is 21.1. The molecule has 0 aliphatic rings. The first kappa shape index (κ1) is 15.4. The maximum absolute atomic E-state index is 14.5. The van der Waals surface area contributed by atoms with Gasteiger partial charge in [-0.3, -0.25) is 0 Å². The molecule has 4 heteroatoms. The van der Waals surface area contributed by atoms with E-state index in [0.717, 1.165) is 32.6 Å². The molecule has 0 saturated heterocycles. The molecule has 5 aromatic rings. The van der Waals surface area contributed by atoms with Gasteiger partial charge in [-0.2, -0.15) is 0 Å². The summed E-state index contributed by atoms with van der Waals surface area (Å²) in [5.74, 6) is 0.161. The number of hydrogen-bond donors (Lipinski definition) is 0. The Balaban J connectivity index is 2.04. The Hall–Kier alpha value is -2.91. The van der Waals surface area contributed by atoms with Crippen LogP contribution in [0.15, 0.2) is 66.7 Å². The van der Waals surface area contributed by atoms with Crippen LogP contribution in [0.3, 0.4) is 0 Å². The lowest BCUT2D eigenvalue weighted by Crippen LogP contribution is -1.96. The maximum Gasteiger partial charge on any atom is 0.145 e. The quantitative estimate of drug-likeness (QED) is 0.319. The first-order valence-corrected chi connectivity index (χ1v) is 8.75. The molecule has 2 nitrogen and oxygen atoms in total. The van der Waals surface area contributed by atoms with Gasteiger partial charge in [-0.1, -0.05) is 66.2 Å². The summed E-state index contributed by atoms with van der Waals surface area (Å²) in [5, 5.41) is 4.80. The van der Waals surface area contributed by atoms with Crippen molar-refractivity contribution in [3.63, 3.8) is 0 Å². The molecule has 0 bridgehead atoms. The van der Waals surface area contributed by atoms with Crippen LogP contribution >= 0.6 is 11.6 Å². The molecule has 1 aromatic heterocycles. The smallest absolute Gasteiger partial charge is 0.145 e. The maximum atomic E-state index is 14.5. The molecule has 0 atom stereocenters. The van der Waals surface area contributed by atoms with Crippen molar-refractivity contribution in [1.82, 2.24) is 9.55 Å². The van der Waals surface area contributed by atoms with Gasteiger partial charge in [0.15, 0.2) is 0 Å². The molecule has 1 heterocycles. The highest BCUT2D eigenvalue weighted by Gasteiger charge is 2.20. The van der Waals surface area contributed by atoms with Crippen molar-refractivity contribution in [1.29, 1.82) is 0 Å². The molecular formula is C22H14ClFN2. The summed E-state index contributed by atoms with van der Waals surface area (Å²) >= 11 is 6.31. The van der Waals surface area contributed by atoms with Crippen LogP contribution in [0.2, 0.25) is 5.02 Å². The van der Waals surface area contributed by atoms with Gasteiger partial charge in [-0.05, 0) is 22.9 Å². The Morgan fingerprint density at radius 2 is 1.42 bits per heavy atom. The fourth-order valence-corrected chi connectivity index (χ4v) is 4.03. The highest BCUT2D eigenvalue weighted by Crippen LogP contribution is 2.38. The van der Waals surface area contributed by atoms with E-state index in [4.69, 9.17) is 16.6 Å². The van der Waals surface area contributed by atoms with Crippen molar-refractivity contribution < 1.29 is 4.39 Å². The van der Waals surface area contributed by atoms with Gasteiger partial charge in [0.05, 0.1) is 21.6 Å². The van der Waals surface area contributed by atoms with Gasteiger partial charge in [0.1, 0.15) is 11.6 Å². The molecular weight excluding hydrogens is 347 g/mol. The molecule has 126 valence electrons. The van der Waals surface area contributed by atoms with Gasteiger partial charge in [0, 0.05) is 17.8 Å². The Labute approximate surface area is 154 Å².